The largest absolute Gasteiger partial charge is 0.454 e. The lowest BCUT2D eigenvalue weighted by Crippen LogP contribution is -2.24. The van der Waals surface area contributed by atoms with Gasteiger partial charge in [0, 0.05) is 18.3 Å². The highest BCUT2D eigenvalue weighted by molar-refractivity contribution is 5.92. The van der Waals surface area contributed by atoms with Crippen LogP contribution in [-0.2, 0) is 13.0 Å². The van der Waals surface area contributed by atoms with Crippen molar-refractivity contribution in [3.8, 4) is 11.5 Å². The summed E-state index contributed by atoms with van der Waals surface area (Å²) in [4.78, 5) is 20.7. The minimum Gasteiger partial charge on any atom is -0.454 e. The normalized spacial score (nSPS) is 11.9. The summed E-state index contributed by atoms with van der Waals surface area (Å²) < 4.78 is 10.6. The molecule has 2 N–H and O–H groups in total. The minimum absolute atomic E-state index is 0.225. The molecule has 0 unspecified atom stereocenters. The first-order valence-electron chi connectivity index (χ1n) is 9.06. The van der Waals surface area contributed by atoms with Crippen LogP contribution in [0.4, 0.5) is 11.5 Å². The second kappa shape index (κ2) is 7.96. The van der Waals surface area contributed by atoms with E-state index < -0.39 is 0 Å². The van der Waals surface area contributed by atoms with Crippen molar-refractivity contribution >= 4 is 17.4 Å². The maximum absolute atomic E-state index is 12.5. The first-order chi connectivity index (χ1) is 13.7. The van der Waals surface area contributed by atoms with Crippen molar-refractivity contribution in [2.75, 3.05) is 12.1 Å². The summed E-state index contributed by atoms with van der Waals surface area (Å²) in [6, 6.07) is 15.3. The minimum atomic E-state index is -0.274. The van der Waals surface area contributed by atoms with Crippen LogP contribution < -0.4 is 20.1 Å². The fourth-order valence-corrected chi connectivity index (χ4v) is 2.85. The van der Waals surface area contributed by atoms with Crippen LogP contribution in [0.15, 0.2) is 54.9 Å². The summed E-state index contributed by atoms with van der Waals surface area (Å²) >= 11 is 0. The molecule has 1 aliphatic rings. The van der Waals surface area contributed by atoms with Crippen molar-refractivity contribution in [3.05, 3.63) is 71.7 Å². The number of amides is 1. The predicted octanol–water partition coefficient (Wildman–Crippen LogP) is 3.44. The van der Waals surface area contributed by atoms with E-state index in [0.717, 1.165) is 17.7 Å². The van der Waals surface area contributed by atoms with Gasteiger partial charge in [-0.1, -0.05) is 25.1 Å². The number of nitrogens with one attached hydrogen (secondary N) is 2. The Morgan fingerprint density at radius 3 is 2.61 bits per heavy atom. The van der Waals surface area contributed by atoms with Gasteiger partial charge in [-0.15, -0.1) is 0 Å². The lowest BCUT2D eigenvalue weighted by molar-refractivity contribution is 0.0945. The SMILES string of the molecule is CCc1ccc(Nc2cc(C(=O)NCc3ccc4c(c3)OCO4)ncn2)cc1. The van der Waals surface area contributed by atoms with E-state index in [1.54, 1.807) is 6.07 Å². The van der Waals surface area contributed by atoms with Crippen molar-refractivity contribution in [2.45, 2.75) is 19.9 Å². The summed E-state index contributed by atoms with van der Waals surface area (Å²) in [6.45, 7) is 2.70. The topological polar surface area (TPSA) is 85.4 Å². The zero-order chi connectivity index (χ0) is 19.3. The van der Waals surface area contributed by atoms with Crippen molar-refractivity contribution in [2.24, 2.45) is 0 Å². The third kappa shape index (κ3) is 4.03. The van der Waals surface area contributed by atoms with Crippen molar-refractivity contribution in [3.63, 3.8) is 0 Å². The fraction of sp³-hybridized carbons (Fsp3) is 0.190. The van der Waals surface area contributed by atoms with Crippen LogP contribution in [0.25, 0.3) is 0 Å². The zero-order valence-electron chi connectivity index (χ0n) is 15.4. The van der Waals surface area contributed by atoms with Gasteiger partial charge in [0.25, 0.3) is 5.91 Å². The monoisotopic (exact) mass is 376 g/mol. The molecule has 0 bridgehead atoms. The van der Waals surface area contributed by atoms with Gasteiger partial charge in [-0.25, -0.2) is 9.97 Å². The molecule has 1 aromatic heterocycles. The van der Waals surface area contributed by atoms with E-state index in [0.29, 0.717) is 29.6 Å². The van der Waals surface area contributed by atoms with Gasteiger partial charge in [-0.05, 0) is 41.8 Å². The summed E-state index contributed by atoms with van der Waals surface area (Å²) in [7, 11) is 0. The number of fused-ring (bicyclic) bond motifs is 1. The number of carbonyl (C=O) groups is 1. The Balaban J connectivity index is 1.39. The summed E-state index contributed by atoms with van der Waals surface area (Å²) in [5, 5.41) is 6.05. The Labute approximate surface area is 162 Å². The molecular formula is C21H20N4O3. The molecule has 2 aromatic carbocycles. The third-order valence-corrected chi connectivity index (χ3v) is 4.42. The smallest absolute Gasteiger partial charge is 0.270 e. The Bertz CT molecular complexity index is 989. The van der Waals surface area contributed by atoms with E-state index in [-0.39, 0.29) is 12.7 Å². The molecule has 1 aliphatic heterocycles. The van der Waals surface area contributed by atoms with Gasteiger partial charge in [0.1, 0.15) is 17.8 Å². The van der Waals surface area contributed by atoms with Gasteiger partial charge >= 0.3 is 0 Å². The highest BCUT2D eigenvalue weighted by Crippen LogP contribution is 2.32. The first-order valence-corrected chi connectivity index (χ1v) is 9.06. The Morgan fingerprint density at radius 2 is 1.79 bits per heavy atom. The zero-order valence-corrected chi connectivity index (χ0v) is 15.4. The van der Waals surface area contributed by atoms with Crippen LogP contribution in [0.1, 0.15) is 28.5 Å². The number of aromatic nitrogens is 2. The average molecular weight is 376 g/mol. The number of aryl methyl sites for hydroxylation is 1. The Kier molecular flexibility index (Phi) is 5.05. The van der Waals surface area contributed by atoms with Gasteiger partial charge in [-0.3, -0.25) is 4.79 Å². The summed E-state index contributed by atoms with van der Waals surface area (Å²) in [5.41, 5.74) is 3.38. The lowest BCUT2D eigenvalue weighted by Gasteiger charge is -2.09. The number of anilines is 2. The predicted molar refractivity (Wildman–Crippen MR) is 105 cm³/mol. The molecule has 0 spiro atoms. The summed E-state index contributed by atoms with van der Waals surface area (Å²) in [5.74, 6) is 1.69. The van der Waals surface area contributed by atoms with E-state index >= 15 is 0 Å². The molecule has 2 heterocycles. The van der Waals surface area contributed by atoms with E-state index in [9.17, 15) is 4.79 Å². The van der Waals surface area contributed by atoms with Crippen LogP contribution >= 0.6 is 0 Å². The highest BCUT2D eigenvalue weighted by atomic mass is 16.7. The van der Waals surface area contributed by atoms with Crippen LogP contribution in [0.2, 0.25) is 0 Å². The van der Waals surface area contributed by atoms with Gasteiger partial charge in [-0.2, -0.15) is 0 Å². The van der Waals surface area contributed by atoms with Crippen molar-refractivity contribution in [1.29, 1.82) is 0 Å². The molecular weight excluding hydrogens is 356 g/mol. The number of hydrogen-bond acceptors (Lipinski definition) is 6. The lowest BCUT2D eigenvalue weighted by atomic mass is 10.1. The molecule has 0 atom stereocenters. The fourth-order valence-electron chi connectivity index (χ4n) is 2.85. The van der Waals surface area contributed by atoms with E-state index in [1.165, 1.54) is 11.9 Å². The van der Waals surface area contributed by atoms with Crippen molar-refractivity contribution < 1.29 is 14.3 Å². The van der Waals surface area contributed by atoms with E-state index in [1.807, 2.05) is 30.3 Å². The number of ether oxygens (including phenoxy) is 2. The Morgan fingerprint density at radius 1 is 1.00 bits per heavy atom. The number of rotatable bonds is 6. The summed E-state index contributed by atoms with van der Waals surface area (Å²) in [6.07, 6.45) is 2.36. The molecule has 3 aromatic rings. The molecule has 0 saturated heterocycles. The molecule has 142 valence electrons. The molecule has 7 nitrogen and oxygen atoms in total. The number of hydrogen-bond donors (Lipinski definition) is 2. The standard InChI is InChI=1S/C21H20N4O3/c1-2-14-3-6-16(7-4-14)25-20-10-17(23-12-24-20)21(26)22-11-15-5-8-18-19(9-15)28-13-27-18/h3-10,12H,2,11,13H2,1H3,(H,22,26)(H,23,24,25). The quantitative estimate of drug-likeness (QED) is 0.685. The molecule has 0 aliphatic carbocycles. The maximum Gasteiger partial charge on any atom is 0.270 e. The second-order valence-electron chi connectivity index (χ2n) is 6.33. The molecule has 0 radical (unpaired) electrons. The van der Waals surface area contributed by atoms with Crippen molar-refractivity contribution in [1.82, 2.24) is 15.3 Å². The second-order valence-corrected chi connectivity index (χ2v) is 6.33. The number of carbonyl (C=O) groups excluding carboxylic acids is 1. The van der Waals surface area contributed by atoms with Crippen LogP contribution in [0.3, 0.4) is 0 Å². The van der Waals surface area contributed by atoms with Gasteiger partial charge < -0.3 is 20.1 Å². The molecule has 7 heteroatoms. The molecule has 4 rings (SSSR count). The Hall–Kier alpha value is -3.61. The van der Waals surface area contributed by atoms with E-state index in [4.69, 9.17) is 9.47 Å². The van der Waals surface area contributed by atoms with Gasteiger partial charge in [0.05, 0.1) is 0 Å². The van der Waals surface area contributed by atoms with E-state index in [2.05, 4.69) is 39.7 Å². The number of nitrogens with zero attached hydrogens (tertiary/aromatic N) is 2. The third-order valence-electron chi connectivity index (χ3n) is 4.42. The highest BCUT2D eigenvalue weighted by Gasteiger charge is 2.14. The van der Waals surface area contributed by atoms with Crippen LogP contribution in [0, 0.1) is 0 Å². The van der Waals surface area contributed by atoms with Crippen LogP contribution in [-0.4, -0.2) is 22.7 Å². The average Bonchev–Trinajstić information content (AvgIpc) is 3.20. The number of benzene rings is 2. The van der Waals surface area contributed by atoms with Crippen LogP contribution in [0.5, 0.6) is 11.5 Å². The van der Waals surface area contributed by atoms with Gasteiger partial charge in [0.15, 0.2) is 11.5 Å². The molecule has 1 amide bonds. The maximum atomic E-state index is 12.5. The van der Waals surface area contributed by atoms with Gasteiger partial charge in [0.2, 0.25) is 6.79 Å². The molecule has 28 heavy (non-hydrogen) atoms. The molecule has 0 fully saturated rings. The molecule has 0 saturated carbocycles. The first kappa shape index (κ1) is 17.8.